The van der Waals surface area contributed by atoms with E-state index in [2.05, 4.69) is 5.32 Å². The highest BCUT2D eigenvalue weighted by atomic mass is 16.5. The number of carbonyl (C=O) groups is 4. The topological polar surface area (TPSA) is 168 Å². The zero-order chi connectivity index (χ0) is 30.3. The zero-order valence-corrected chi connectivity index (χ0v) is 24.8. The van der Waals surface area contributed by atoms with E-state index in [0.29, 0.717) is 6.42 Å². The highest BCUT2D eigenvalue weighted by Gasteiger charge is 2.25. The predicted octanol–water partition coefficient (Wildman–Crippen LogP) is 2.57. The lowest BCUT2D eigenvalue weighted by molar-refractivity contribution is -0.138. The second-order valence-electron chi connectivity index (χ2n) is 11.5. The first-order chi connectivity index (χ1) is 17.0. The van der Waals surface area contributed by atoms with Crippen molar-refractivity contribution in [3.8, 4) is 0 Å². The number of carboxylic acids is 1. The largest absolute Gasteiger partial charge is 0.481 e. The third kappa shape index (κ3) is 23.2. The number of hydrogen-bond donors (Lipinski definition) is 4. The van der Waals surface area contributed by atoms with E-state index in [-0.39, 0.29) is 36.8 Å². The van der Waals surface area contributed by atoms with Crippen LogP contribution in [-0.2, 0) is 25.7 Å². The summed E-state index contributed by atoms with van der Waals surface area (Å²) in [6.07, 6.45) is 0.123. The summed E-state index contributed by atoms with van der Waals surface area (Å²) < 4.78 is 5.13. The smallest absolute Gasteiger partial charge is 0.407 e. The molecule has 0 saturated heterocycles. The van der Waals surface area contributed by atoms with E-state index in [1.807, 2.05) is 44.2 Å². The van der Waals surface area contributed by atoms with Crippen molar-refractivity contribution in [2.24, 2.45) is 11.5 Å². The Bertz CT molecular complexity index is 872. The second-order valence-corrected chi connectivity index (χ2v) is 11.5. The summed E-state index contributed by atoms with van der Waals surface area (Å²) in [5, 5.41) is 10.9. The number of rotatable bonds is 9. The van der Waals surface area contributed by atoms with Gasteiger partial charge in [-0.1, -0.05) is 30.3 Å². The summed E-state index contributed by atoms with van der Waals surface area (Å²) in [6.45, 7) is 10.8. The predicted molar refractivity (Wildman–Crippen MR) is 149 cm³/mol. The van der Waals surface area contributed by atoms with Crippen molar-refractivity contribution < 1.29 is 29.0 Å². The van der Waals surface area contributed by atoms with E-state index in [0.717, 1.165) is 5.56 Å². The van der Waals surface area contributed by atoms with E-state index in [1.165, 1.54) is 4.90 Å². The Morgan fingerprint density at radius 3 is 1.53 bits per heavy atom. The number of alkyl carbamates (subject to hydrolysis) is 1. The van der Waals surface area contributed by atoms with Crippen LogP contribution in [0.3, 0.4) is 0 Å². The van der Waals surface area contributed by atoms with E-state index >= 15 is 0 Å². The number of nitrogens with two attached hydrogens (primary N) is 2. The summed E-state index contributed by atoms with van der Waals surface area (Å²) in [6, 6.07) is 9.44. The van der Waals surface area contributed by atoms with Crippen LogP contribution in [0.4, 0.5) is 4.79 Å². The lowest BCUT2D eigenvalue weighted by Gasteiger charge is -2.26. The van der Waals surface area contributed by atoms with Gasteiger partial charge in [0.1, 0.15) is 6.61 Å². The molecule has 0 heterocycles. The van der Waals surface area contributed by atoms with Crippen molar-refractivity contribution in [3.63, 3.8) is 0 Å². The number of nitrogens with one attached hydrogen (secondary N) is 1. The Morgan fingerprint density at radius 1 is 0.789 bits per heavy atom. The lowest BCUT2D eigenvalue weighted by atomic mass is 10.0. The van der Waals surface area contributed by atoms with Crippen LogP contribution in [0, 0.1) is 0 Å². The van der Waals surface area contributed by atoms with Crippen LogP contribution >= 0.6 is 0 Å². The fourth-order valence-corrected chi connectivity index (χ4v) is 2.55. The molecule has 0 spiro atoms. The molecule has 1 rings (SSSR count). The van der Waals surface area contributed by atoms with Gasteiger partial charge in [-0.05, 0) is 47.1 Å². The van der Waals surface area contributed by atoms with E-state index < -0.39 is 23.1 Å². The maximum absolute atomic E-state index is 11.7. The van der Waals surface area contributed by atoms with Crippen molar-refractivity contribution >= 4 is 23.9 Å². The average molecular weight is 540 g/mol. The molecule has 0 saturated carbocycles. The molecule has 218 valence electrons. The average Bonchev–Trinajstić information content (AvgIpc) is 2.70. The summed E-state index contributed by atoms with van der Waals surface area (Å²) in [5.41, 5.74) is 10.3. The Morgan fingerprint density at radius 2 is 1.21 bits per heavy atom. The normalized spacial score (nSPS) is 11.1. The summed E-state index contributed by atoms with van der Waals surface area (Å²) in [7, 11) is 6.83. The number of ether oxygens (including phenoxy) is 1. The number of hydrogen-bond acceptors (Lipinski definition) is 7. The summed E-state index contributed by atoms with van der Waals surface area (Å²) in [5.74, 6) is -0.816. The molecule has 0 aliphatic rings. The maximum Gasteiger partial charge on any atom is 0.407 e. The van der Waals surface area contributed by atoms with Crippen LogP contribution in [0.15, 0.2) is 30.3 Å². The monoisotopic (exact) mass is 539 g/mol. The van der Waals surface area contributed by atoms with Gasteiger partial charge in [-0.25, -0.2) is 4.79 Å². The van der Waals surface area contributed by atoms with Crippen molar-refractivity contribution in [3.05, 3.63) is 35.9 Å². The molecule has 0 radical (unpaired) electrons. The van der Waals surface area contributed by atoms with Crippen LogP contribution in [0.1, 0.15) is 66.4 Å². The van der Waals surface area contributed by atoms with Gasteiger partial charge in [0, 0.05) is 57.6 Å². The fourth-order valence-electron chi connectivity index (χ4n) is 2.55. The third-order valence-electron chi connectivity index (χ3n) is 4.46. The number of carboxylic acid groups (broad SMARTS) is 1. The molecule has 3 amide bonds. The molecule has 6 N–H and O–H groups in total. The van der Waals surface area contributed by atoms with Gasteiger partial charge in [0.25, 0.3) is 0 Å². The lowest BCUT2D eigenvalue weighted by Crippen LogP contribution is -2.46. The molecule has 1 aromatic carbocycles. The Labute approximate surface area is 227 Å². The number of nitrogens with zero attached hydrogens (tertiary/aromatic N) is 2. The molecule has 0 atom stereocenters. The highest BCUT2D eigenvalue weighted by molar-refractivity contribution is 5.78. The molecular weight excluding hydrogens is 490 g/mol. The Balaban J connectivity index is 0. The molecular formula is C27H49N5O6. The van der Waals surface area contributed by atoms with Crippen molar-refractivity contribution in [1.82, 2.24) is 15.1 Å². The van der Waals surface area contributed by atoms with Gasteiger partial charge in [-0.3, -0.25) is 14.4 Å². The van der Waals surface area contributed by atoms with Crippen molar-refractivity contribution in [2.75, 3.05) is 28.2 Å². The molecule has 38 heavy (non-hydrogen) atoms. The minimum absolute atomic E-state index is 0.0208. The van der Waals surface area contributed by atoms with E-state index in [9.17, 15) is 19.2 Å². The number of carbonyl (C=O) groups excluding carboxylic acids is 3. The molecule has 1 aromatic rings. The van der Waals surface area contributed by atoms with Crippen molar-refractivity contribution in [2.45, 2.75) is 84.0 Å². The van der Waals surface area contributed by atoms with Crippen LogP contribution in [-0.4, -0.2) is 83.6 Å². The quantitative estimate of drug-likeness (QED) is 0.371. The molecule has 11 nitrogen and oxygen atoms in total. The molecule has 0 fully saturated rings. The zero-order valence-electron chi connectivity index (χ0n) is 24.8. The Hall–Kier alpha value is -3.18. The molecule has 0 bridgehead atoms. The summed E-state index contributed by atoms with van der Waals surface area (Å²) >= 11 is 0. The number of benzene rings is 1. The first-order valence-corrected chi connectivity index (χ1v) is 12.2. The molecule has 11 heteroatoms. The van der Waals surface area contributed by atoms with Crippen molar-refractivity contribution in [1.29, 1.82) is 0 Å². The Kier molecular flexibility index (Phi) is 16.2. The minimum Gasteiger partial charge on any atom is -0.481 e. The highest BCUT2D eigenvalue weighted by Crippen LogP contribution is 2.11. The first-order valence-electron chi connectivity index (χ1n) is 12.2. The SMILES string of the molecule is CC(C)(N)CC(=O)O.CN(C)C(=O)CC(C)(C)N.CN(C)C(=O)CC(C)(C)NC(=O)OCc1ccccc1. The molecule has 0 unspecified atom stereocenters. The van der Waals surface area contributed by atoms with Gasteiger partial charge < -0.3 is 36.4 Å². The van der Waals surface area contributed by atoms with Crippen LogP contribution in [0.25, 0.3) is 0 Å². The number of amides is 3. The van der Waals surface area contributed by atoms with Gasteiger partial charge >= 0.3 is 12.1 Å². The van der Waals surface area contributed by atoms with Gasteiger partial charge in [0.2, 0.25) is 11.8 Å². The van der Waals surface area contributed by atoms with E-state index in [1.54, 1.807) is 60.8 Å². The first kappa shape index (κ1) is 37.0. The third-order valence-corrected chi connectivity index (χ3v) is 4.46. The van der Waals surface area contributed by atoms with Crippen LogP contribution in [0.2, 0.25) is 0 Å². The van der Waals surface area contributed by atoms with E-state index in [4.69, 9.17) is 21.3 Å². The number of aliphatic carboxylic acids is 1. The summed E-state index contributed by atoms with van der Waals surface area (Å²) in [4.78, 5) is 47.4. The van der Waals surface area contributed by atoms with Gasteiger partial charge in [-0.15, -0.1) is 0 Å². The van der Waals surface area contributed by atoms with Crippen LogP contribution in [0.5, 0.6) is 0 Å². The standard InChI is InChI=1S/C15H22N2O3.C7H16N2O.C5H11NO2/c1-15(2,10-13(18)17(3)4)16-14(19)20-11-12-8-6-5-7-9-12;1-7(2,8)5-6(10)9(3)4;1-5(2,6)3-4(7)8/h5-9H,10-11H2,1-4H3,(H,16,19);5,8H2,1-4H3;3,6H2,1-2H3,(H,7,8). The van der Waals surface area contributed by atoms with Gasteiger partial charge in [0.05, 0.1) is 6.42 Å². The molecule has 0 aliphatic carbocycles. The fraction of sp³-hybridized carbons (Fsp3) is 0.630. The van der Waals surface area contributed by atoms with Crippen LogP contribution < -0.4 is 16.8 Å². The van der Waals surface area contributed by atoms with Gasteiger partial charge in [-0.2, -0.15) is 0 Å². The minimum atomic E-state index is -0.850. The second kappa shape index (κ2) is 16.6. The molecule has 0 aromatic heterocycles. The van der Waals surface area contributed by atoms with Gasteiger partial charge in [0.15, 0.2) is 0 Å². The molecule has 0 aliphatic heterocycles. The maximum atomic E-state index is 11.7.